The van der Waals surface area contributed by atoms with Crippen LogP contribution in [0.15, 0.2) is 48.5 Å². The van der Waals surface area contributed by atoms with Crippen LogP contribution in [0.25, 0.3) is 10.9 Å². The zero-order valence-corrected chi connectivity index (χ0v) is 35.1. The Bertz CT molecular complexity index is 2320. The van der Waals surface area contributed by atoms with Gasteiger partial charge in [-0.25, -0.2) is 14.4 Å². The number of anilines is 3. The number of nitrogens with one attached hydrogen (secondary N) is 4. The topological polar surface area (TPSA) is 190 Å². The molecule has 2 heterocycles. The number of hydrogen-bond acceptors (Lipinski definition) is 11. The average molecular weight is 865 g/mol. The van der Waals surface area contributed by atoms with Gasteiger partial charge in [0.1, 0.15) is 23.5 Å². The molecule has 2 atom stereocenters. The van der Waals surface area contributed by atoms with Crippen LogP contribution in [0.1, 0.15) is 98.1 Å². The Kier molecular flexibility index (Phi) is 14.1. The number of carbonyl (C=O) groups is 4. The van der Waals surface area contributed by atoms with Crippen molar-refractivity contribution in [2.24, 2.45) is 5.41 Å². The third-order valence-corrected chi connectivity index (χ3v) is 11.1. The summed E-state index contributed by atoms with van der Waals surface area (Å²) in [6.45, 7) is 4.85. The Hall–Kier alpha value is -6.20. The van der Waals surface area contributed by atoms with E-state index in [0.717, 1.165) is 44.2 Å². The van der Waals surface area contributed by atoms with Gasteiger partial charge in [0.25, 0.3) is 5.91 Å². The maximum absolute atomic E-state index is 14.5. The van der Waals surface area contributed by atoms with E-state index in [1.54, 1.807) is 37.9 Å². The Labute approximate surface area is 356 Å². The first-order chi connectivity index (χ1) is 29.4. The number of fused-ring (bicyclic) bond motifs is 1. The third-order valence-electron chi connectivity index (χ3n) is 11.1. The zero-order valence-electron chi connectivity index (χ0n) is 35.1. The van der Waals surface area contributed by atoms with Crippen molar-refractivity contribution in [2.45, 2.75) is 89.9 Å². The van der Waals surface area contributed by atoms with Gasteiger partial charge in [0, 0.05) is 61.2 Å². The van der Waals surface area contributed by atoms with Crippen LogP contribution in [0, 0.1) is 18.2 Å². The second-order valence-corrected chi connectivity index (χ2v) is 16.2. The lowest BCUT2D eigenvalue weighted by Gasteiger charge is -2.25. The number of rotatable bonds is 19. The fourth-order valence-corrected chi connectivity index (χ4v) is 7.42. The highest BCUT2D eigenvalue weighted by atomic mass is 19.4. The number of halogens is 4. The quantitative estimate of drug-likeness (QED) is 0.0281. The minimum absolute atomic E-state index is 0.00247. The zero-order chi connectivity index (χ0) is 44.8. The average Bonchev–Trinajstić information content (AvgIpc) is 3.99. The van der Waals surface area contributed by atoms with Gasteiger partial charge in [-0.05, 0) is 94.0 Å². The van der Waals surface area contributed by atoms with Gasteiger partial charge in [-0.1, -0.05) is 12.8 Å². The maximum Gasteiger partial charge on any atom is 0.416 e. The summed E-state index contributed by atoms with van der Waals surface area (Å²) in [6.07, 6.45) is 0.991. The second-order valence-electron chi connectivity index (χ2n) is 16.2. The summed E-state index contributed by atoms with van der Waals surface area (Å²) >= 11 is 0. The molecular formula is C44H52F4N8O6. The number of amides is 4. The Balaban J connectivity index is 0.959. The Morgan fingerprint density at radius 2 is 1.79 bits per heavy atom. The molecular weight excluding hydrogens is 813 g/mol. The lowest BCUT2D eigenvalue weighted by atomic mass is 10.0. The van der Waals surface area contributed by atoms with E-state index in [2.05, 4.69) is 31.2 Å². The number of aromatic nitrogens is 2. The molecule has 2 fully saturated rings. The summed E-state index contributed by atoms with van der Waals surface area (Å²) in [6, 6.07) is 9.54. The van der Waals surface area contributed by atoms with Crippen molar-refractivity contribution >= 4 is 51.7 Å². The number of nitrogens with zero attached hydrogens (tertiary/aromatic N) is 3. The minimum atomic E-state index is -4.55. The predicted molar refractivity (Wildman–Crippen MR) is 225 cm³/mol. The van der Waals surface area contributed by atoms with Crippen molar-refractivity contribution < 1.29 is 46.2 Å². The van der Waals surface area contributed by atoms with Gasteiger partial charge in [0.2, 0.25) is 17.7 Å². The number of nitrogens with two attached hydrogens (primary N) is 1. The molecule has 1 unspecified atom stereocenters. The number of methoxy groups -OCH3 is 1. The fourth-order valence-electron chi connectivity index (χ4n) is 7.42. The van der Waals surface area contributed by atoms with Gasteiger partial charge in [-0.15, -0.1) is 0 Å². The normalized spacial score (nSPS) is 16.3. The molecule has 0 spiro atoms. The molecule has 1 aliphatic heterocycles. The first-order valence-electron chi connectivity index (χ1n) is 20.6. The number of nitrogen functional groups attached to an aromatic ring is 1. The van der Waals surface area contributed by atoms with Crippen LogP contribution in [-0.2, 0) is 20.6 Å². The molecule has 6 N–H and O–H groups in total. The number of aryl methyl sites for hydroxylation is 1. The molecule has 1 saturated heterocycles. The summed E-state index contributed by atoms with van der Waals surface area (Å²) in [4.78, 5) is 60.1. The standard InChI is InChI=1S/C44H52F4N8O6/c1-25(27-17-28(44(46,47)48)19-29(49)18-27)51-40-32-21-37(36(61-4)22-35(32)52-26(2)53-40)62-24-43(14-15-43)23-56(3)39(58)9-7-5-6-8-16-50-30-10-11-33(45)31(20-30)41(59)54-34-12-13-38(57)55-42(34)60/h10-11,17-22,25,34,50H,5-9,12-16,23-24,49H2,1-4H3,(H,54,59)(H,51,52,53)(H,55,57,60)/t25-,34?/m1/s1. The molecule has 1 saturated carbocycles. The van der Waals surface area contributed by atoms with Crippen molar-refractivity contribution in [3.05, 3.63) is 76.9 Å². The number of ether oxygens (including phenoxy) is 2. The van der Waals surface area contributed by atoms with Crippen LogP contribution in [0.4, 0.5) is 34.8 Å². The molecule has 1 aliphatic carbocycles. The molecule has 0 bridgehead atoms. The Morgan fingerprint density at radius 1 is 1.03 bits per heavy atom. The van der Waals surface area contributed by atoms with Gasteiger partial charge in [0.05, 0.1) is 36.4 Å². The summed E-state index contributed by atoms with van der Waals surface area (Å²) in [5.74, 6) is -0.716. The molecule has 6 rings (SSSR count). The van der Waals surface area contributed by atoms with Gasteiger partial charge in [-0.3, -0.25) is 24.5 Å². The molecule has 1 aromatic heterocycles. The van der Waals surface area contributed by atoms with Crippen molar-refractivity contribution in [1.29, 1.82) is 0 Å². The molecule has 0 radical (unpaired) electrons. The molecule has 332 valence electrons. The smallest absolute Gasteiger partial charge is 0.416 e. The largest absolute Gasteiger partial charge is 0.493 e. The maximum atomic E-state index is 14.5. The van der Waals surface area contributed by atoms with Crippen molar-refractivity contribution in [2.75, 3.05) is 50.2 Å². The van der Waals surface area contributed by atoms with Gasteiger partial charge >= 0.3 is 6.18 Å². The number of hydrogen-bond donors (Lipinski definition) is 5. The van der Waals surface area contributed by atoms with Gasteiger partial charge in [0.15, 0.2) is 11.5 Å². The van der Waals surface area contributed by atoms with E-state index in [9.17, 15) is 36.7 Å². The molecule has 14 nitrogen and oxygen atoms in total. The Morgan fingerprint density at radius 3 is 2.50 bits per heavy atom. The van der Waals surface area contributed by atoms with E-state index in [1.165, 1.54) is 31.4 Å². The first kappa shape index (κ1) is 45.3. The molecule has 4 aromatic rings. The highest BCUT2D eigenvalue weighted by molar-refractivity contribution is 6.04. The van der Waals surface area contributed by atoms with Crippen LogP contribution in [-0.4, -0.2) is 78.4 Å². The SMILES string of the molecule is COc1cc2nc(C)nc(N[C@H](C)c3cc(N)cc(C(F)(F)F)c3)c2cc1OCC1(CN(C)C(=O)CCCCCCNc2ccc(F)c(C(=O)NC3CCC(=O)NC3=O)c2)CC1. The number of benzene rings is 3. The van der Waals surface area contributed by atoms with E-state index >= 15 is 0 Å². The van der Waals surface area contributed by atoms with Crippen LogP contribution < -0.4 is 36.5 Å². The summed E-state index contributed by atoms with van der Waals surface area (Å²) < 4.78 is 67.1. The van der Waals surface area contributed by atoms with E-state index in [-0.39, 0.29) is 35.4 Å². The molecule has 62 heavy (non-hydrogen) atoms. The van der Waals surface area contributed by atoms with Crippen molar-refractivity contribution in [1.82, 2.24) is 25.5 Å². The molecule has 3 aromatic carbocycles. The lowest BCUT2D eigenvalue weighted by Crippen LogP contribution is -2.52. The number of alkyl halides is 3. The first-order valence-corrected chi connectivity index (χ1v) is 20.6. The summed E-state index contributed by atoms with van der Waals surface area (Å²) in [5.41, 5.74) is 6.00. The van der Waals surface area contributed by atoms with Crippen LogP contribution in [0.3, 0.4) is 0 Å². The number of imide groups is 1. The summed E-state index contributed by atoms with van der Waals surface area (Å²) in [5, 5.41) is 11.7. The lowest BCUT2D eigenvalue weighted by molar-refractivity contribution is -0.138. The summed E-state index contributed by atoms with van der Waals surface area (Å²) in [7, 11) is 3.32. The third kappa shape index (κ3) is 11.6. The molecule has 18 heteroatoms. The minimum Gasteiger partial charge on any atom is -0.493 e. The van der Waals surface area contributed by atoms with Crippen LogP contribution >= 0.6 is 0 Å². The molecule has 2 aliphatic rings. The highest BCUT2D eigenvalue weighted by Gasteiger charge is 2.45. The van der Waals surface area contributed by atoms with Crippen molar-refractivity contribution in [3.63, 3.8) is 0 Å². The number of unbranched alkanes of at least 4 members (excludes halogenated alkanes) is 3. The fraction of sp³-hybridized carbons (Fsp3) is 0.455. The van der Waals surface area contributed by atoms with Gasteiger partial charge in [-0.2, -0.15) is 13.2 Å². The van der Waals surface area contributed by atoms with Crippen LogP contribution in [0.2, 0.25) is 0 Å². The second kappa shape index (κ2) is 19.2. The van der Waals surface area contributed by atoms with E-state index in [4.69, 9.17) is 15.2 Å². The van der Waals surface area contributed by atoms with Crippen molar-refractivity contribution in [3.8, 4) is 11.5 Å². The van der Waals surface area contributed by atoms with Crippen LogP contribution in [0.5, 0.6) is 11.5 Å². The predicted octanol–water partition coefficient (Wildman–Crippen LogP) is 7.08. The van der Waals surface area contributed by atoms with Gasteiger partial charge < -0.3 is 36.1 Å². The number of piperidine rings is 1. The van der Waals surface area contributed by atoms with E-state index in [0.29, 0.717) is 77.8 Å². The highest BCUT2D eigenvalue weighted by Crippen LogP contribution is 2.47. The van der Waals surface area contributed by atoms with E-state index < -0.39 is 47.4 Å². The number of carbonyl (C=O) groups excluding carboxylic acids is 4. The monoisotopic (exact) mass is 864 g/mol. The molecule has 4 amide bonds. The van der Waals surface area contributed by atoms with E-state index in [1.807, 2.05) is 0 Å².